The van der Waals surface area contributed by atoms with Gasteiger partial charge in [0.15, 0.2) is 0 Å². The van der Waals surface area contributed by atoms with Gasteiger partial charge in [0.25, 0.3) is 0 Å². The van der Waals surface area contributed by atoms with Gasteiger partial charge in [-0.1, -0.05) is 83.9 Å². The number of hydrogen-bond donors (Lipinski definition) is 0. The van der Waals surface area contributed by atoms with E-state index in [9.17, 15) is 0 Å². The third-order valence-corrected chi connectivity index (χ3v) is 5.88. The standard InChI is InChI=1S/C24H17Cl2N3/c1-28-23(19-11-12-20(25)21(26)13-19)15-29-14-22(27-24(28)29)18-9-7-17(8-10-18)16-5-3-2-4-6-16/h2-15H,1H3. The molecule has 0 bridgehead atoms. The molecule has 0 saturated heterocycles. The summed E-state index contributed by atoms with van der Waals surface area (Å²) in [5.74, 6) is 0.869. The van der Waals surface area contributed by atoms with E-state index in [1.54, 1.807) is 0 Å². The first-order valence-corrected chi connectivity index (χ1v) is 10.0. The first-order valence-electron chi connectivity index (χ1n) is 9.26. The van der Waals surface area contributed by atoms with Gasteiger partial charge in [0, 0.05) is 30.6 Å². The minimum absolute atomic E-state index is 0.544. The number of aromatic nitrogens is 3. The molecule has 0 aliphatic heterocycles. The molecule has 0 N–H and O–H groups in total. The third kappa shape index (κ3) is 3.23. The Labute approximate surface area is 178 Å². The average Bonchev–Trinajstić information content (AvgIpc) is 3.30. The van der Waals surface area contributed by atoms with Crippen molar-refractivity contribution in [1.82, 2.24) is 14.0 Å². The first kappa shape index (κ1) is 18.0. The maximum Gasteiger partial charge on any atom is 0.214 e. The molecule has 3 aromatic carbocycles. The Hall–Kier alpha value is -3.01. The van der Waals surface area contributed by atoms with Crippen LogP contribution in [0.3, 0.4) is 0 Å². The van der Waals surface area contributed by atoms with E-state index in [2.05, 4.69) is 59.3 Å². The lowest BCUT2D eigenvalue weighted by Gasteiger charge is -2.05. The molecule has 3 nitrogen and oxygen atoms in total. The number of nitrogens with zero attached hydrogens (tertiary/aromatic N) is 3. The quantitative estimate of drug-likeness (QED) is 0.310. The molecule has 2 heterocycles. The number of imidazole rings is 2. The predicted molar refractivity (Wildman–Crippen MR) is 120 cm³/mol. The highest BCUT2D eigenvalue weighted by Gasteiger charge is 2.13. The van der Waals surface area contributed by atoms with Crippen LogP contribution in [0, 0.1) is 0 Å². The number of halogens is 2. The molecule has 0 radical (unpaired) electrons. The molecule has 2 aromatic heterocycles. The second-order valence-corrected chi connectivity index (χ2v) is 7.79. The summed E-state index contributed by atoms with van der Waals surface area (Å²) in [6.45, 7) is 0. The number of rotatable bonds is 3. The Bertz CT molecular complexity index is 1320. The Kier molecular flexibility index (Phi) is 4.42. The maximum absolute atomic E-state index is 6.19. The van der Waals surface area contributed by atoms with Crippen LogP contribution in [0.5, 0.6) is 0 Å². The predicted octanol–water partition coefficient (Wildman–Crippen LogP) is 6.98. The van der Waals surface area contributed by atoms with Crippen molar-refractivity contribution in [2.45, 2.75) is 0 Å². The zero-order chi connectivity index (χ0) is 20.0. The van der Waals surface area contributed by atoms with Gasteiger partial charge in [-0.2, -0.15) is 0 Å². The summed E-state index contributed by atoms with van der Waals surface area (Å²) < 4.78 is 4.10. The summed E-state index contributed by atoms with van der Waals surface area (Å²) in [5.41, 5.74) is 6.46. The largest absolute Gasteiger partial charge is 0.313 e. The summed E-state index contributed by atoms with van der Waals surface area (Å²) in [6, 6.07) is 24.5. The molecule has 5 heteroatoms. The topological polar surface area (TPSA) is 22.2 Å². The smallest absolute Gasteiger partial charge is 0.214 e. The van der Waals surface area contributed by atoms with Crippen LogP contribution in [0.1, 0.15) is 0 Å². The molecule has 142 valence electrons. The van der Waals surface area contributed by atoms with Gasteiger partial charge in [0.05, 0.1) is 21.4 Å². The molecule has 0 atom stereocenters. The van der Waals surface area contributed by atoms with Gasteiger partial charge < -0.3 is 4.57 Å². The van der Waals surface area contributed by atoms with Crippen molar-refractivity contribution in [3.8, 4) is 33.6 Å². The molecule has 0 amide bonds. The number of fused-ring (bicyclic) bond motifs is 1. The lowest BCUT2D eigenvalue weighted by molar-refractivity contribution is 0.945. The molecule has 0 spiro atoms. The Morgan fingerprint density at radius 1 is 0.690 bits per heavy atom. The van der Waals surface area contributed by atoms with E-state index in [-0.39, 0.29) is 0 Å². The van der Waals surface area contributed by atoms with E-state index in [1.165, 1.54) is 11.1 Å². The highest BCUT2D eigenvalue weighted by molar-refractivity contribution is 6.42. The maximum atomic E-state index is 6.19. The van der Waals surface area contributed by atoms with Crippen molar-refractivity contribution in [1.29, 1.82) is 0 Å². The Balaban J connectivity index is 1.50. The molecule has 0 unspecified atom stereocenters. The van der Waals surface area contributed by atoms with Crippen LogP contribution in [0.15, 0.2) is 85.2 Å². The Morgan fingerprint density at radius 3 is 2.03 bits per heavy atom. The molecular weight excluding hydrogens is 401 g/mol. The number of benzene rings is 3. The van der Waals surface area contributed by atoms with Crippen molar-refractivity contribution in [2.24, 2.45) is 7.05 Å². The normalized spacial score (nSPS) is 11.3. The molecule has 29 heavy (non-hydrogen) atoms. The van der Waals surface area contributed by atoms with Crippen molar-refractivity contribution in [3.05, 3.63) is 95.2 Å². The molecule has 5 rings (SSSR count). The van der Waals surface area contributed by atoms with Gasteiger partial charge in [0.2, 0.25) is 5.78 Å². The zero-order valence-electron chi connectivity index (χ0n) is 15.7. The first-order chi connectivity index (χ1) is 14.1. The monoisotopic (exact) mass is 417 g/mol. The second kappa shape index (κ2) is 7.11. The van der Waals surface area contributed by atoms with Crippen LogP contribution in [0.25, 0.3) is 39.4 Å². The molecule has 0 saturated carbocycles. The van der Waals surface area contributed by atoms with Gasteiger partial charge in [-0.15, -0.1) is 0 Å². The van der Waals surface area contributed by atoms with Crippen molar-refractivity contribution < 1.29 is 0 Å². The van der Waals surface area contributed by atoms with Crippen LogP contribution < -0.4 is 0 Å². The van der Waals surface area contributed by atoms with Crippen molar-refractivity contribution >= 4 is 29.0 Å². The molecule has 5 aromatic rings. The zero-order valence-corrected chi connectivity index (χ0v) is 17.2. The Morgan fingerprint density at radius 2 is 1.34 bits per heavy atom. The fourth-order valence-electron chi connectivity index (χ4n) is 3.58. The lowest BCUT2D eigenvalue weighted by atomic mass is 10.0. The molecule has 0 aliphatic rings. The van der Waals surface area contributed by atoms with E-state index in [0.717, 1.165) is 28.3 Å². The summed E-state index contributed by atoms with van der Waals surface area (Å²) >= 11 is 12.2. The molecule has 0 fully saturated rings. The van der Waals surface area contributed by atoms with E-state index in [4.69, 9.17) is 28.2 Å². The van der Waals surface area contributed by atoms with Gasteiger partial charge >= 0.3 is 0 Å². The van der Waals surface area contributed by atoms with Crippen LogP contribution in [-0.2, 0) is 7.05 Å². The van der Waals surface area contributed by atoms with Gasteiger partial charge in [-0.05, 0) is 23.3 Å². The van der Waals surface area contributed by atoms with E-state index in [0.29, 0.717) is 10.0 Å². The highest BCUT2D eigenvalue weighted by Crippen LogP contribution is 2.31. The SMILES string of the molecule is Cn1c(-c2ccc(Cl)c(Cl)c2)cn2cc(-c3ccc(-c4ccccc4)cc3)nc12. The van der Waals surface area contributed by atoms with Gasteiger partial charge in [-0.3, -0.25) is 4.40 Å². The summed E-state index contributed by atoms with van der Waals surface area (Å²) in [6.07, 6.45) is 4.11. The number of hydrogen-bond acceptors (Lipinski definition) is 1. The van der Waals surface area contributed by atoms with E-state index in [1.807, 2.05) is 41.9 Å². The van der Waals surface area contributed by atoms with Crippen LogP contribution in [-0.4, -0.2) is 14.0 Å². The fourth-order valence-corrected chi connectivity index (χ4v) is 3.88. The molecular formula is C24H17Cl2N3. The highest BCUT2D eigenvalue weighted by atomic mass is 35.5. The van der Waals surface area contributed by atoms with Crippen LogP contribution in [0.2, 0.25) is 10.0 Å². The van der Waals surface area contributed by atoms with Crippen molar-refractivity contribution in [3.63, 3.8) is 0 Å². The minimum atomic E-state index is 0.544. The fraction of sp³-hybridized carbons (Fsp3) is 0.0417. The van der Waals surface area contributed by atoms with Gasteiger partial charge in [-0.25, -0.2) is 4.98 Å². The lowest BCUT2D eigenvalue weighted by Crippen LogP contribution is -1.93. The van der Waals surface area contributed by atoms with Crippen LogP contribution in [0.4, 0.5) is 0 Å². The molecule has 0 aliphatic carbocycles. The summed E-state index contributed by atoms with van der Waals surface area (Å²) in [4.78, 5) is 4.84. The van der Waals surface area contributed by atoms with Crippen LogP contribution >= 0.6 is 23.2 Å². The average molecular weight is 418 g/mol. The van der Waals surface area contributed by atoms with Crippen molar-refractivity contribution in [2.75, 3.05) is 0 Å². The van der Waals surface area contributed by atoms with Gasteiger partial charge in [0.1, 0.15) is 0 Å². The third-order valence-electron chi connectivity index (χ3n) is 5.14. The number of aryl methyl sites for hydroxylation is 1. The minimum Gasteiger partial charge on any atom is -0.313 e. The summed E-state index contributed by atoms with van der Waals surface area (Å²) in [7, 11) is 2.00. The van der Waals surface area contributed by atoms with E-state index < -0.39 is 0 Å². The second-order valence-electron chi connectivity index (χ2n) is 6.98. The van der Waals surface area contributed by atoms with E-state index >= 15 is 0 Å². The summed E-state index contributed by atoms with van der Waals surface area (Å²) in [5, 5.41) is 1.10.